The van der Waals surface area contributed by atoms with Crippen LogP contribution in [0.25, 0.3) is 0 Å². The Hall–Kier alpha value is -2.97. The molecule has 0 aromatic carbocycles. The molecule has 27 heavy (non-hydrogen) atoms. The second-order valence-electron chi connectivity index (χ2n) is 7.00. The molecular weight excluding hydrogens is 350 g/mol. The van der Waals surface area contributed by atoms with Gasteiger partial charge in [-0.3, -0.25) is 19.4 Å². The number of aromatic carboxylic acids is 1. The summed E-state index contributed by atoms with van der Waals surface area (Å²) in [5, 5.41) is 20.2. The lowest BCUT2D eigenvalue weighted by molar-refractivity contribution is -0.133. The van der Waals surface area contributed by atoms with E-state index in [0.29, 0.717) is 29.8 Å². The topological polar surface area (TPSA) is 121 Å². The lowest BCUT2D eigenvalue weighted by Gasteiger charge is -2.28. The van der Waals surface area contributed by atoms with E-state index in [1.54, 1.807) is 16.5 Å². The van der Waals surface area contributed by atoms with Crippen LogP contribution >= 0.6 is 0 Å². The molecule has 0 bridgehead atoms. The molecule has 9 heteroatoms. The lowest BCUT2D eigenvalue weighted by atomic mass is 10.0. The molecule has 3 rings (SSSR count). The van der Waals surface area contributed by atoms with E-state index in [1.165, 1.54) is 6.92 Å². The Morgan fingerprint density at radius 1 is 1.30 bits per heavy atom. The molecule has 3 heterocycles. The average molecular weight is 373 g/mol. The number of H-pyrrole nitrogens is 1. The number of carboxylic acid groups (broad SMARTS) is 1. The number of Topliss-reactive ketones (excluding diaryl/α,β-unsaturated/α-hetero) is 1. The van der Waals surface area contributed by atoms with Crippen LogP contribution in [0.1, 0.15) is 69.8 Å². The molecule has 9 nitrogen and oxygen atoms in total. The van der Waals surface area contributed by atoms with E-state index in [9.17, 15) is 19.5 Å². The number of carboxylic acids is 1. The van der Waals surface area contributed by atoms with Gasteiger partial charge in [0.2, 0.25) is 5.91 Å². The van der Waals surface area contributed by atoms with Crippen LogP contribution in [0.4, 0.5) is 0 Å². The zero-order chi connectivity index (χ0) is 19.9. The van der Waals surface area contributed by atoms with Gasteiger partial charge in [0.15, 0.2) is 11.5 Å². The number of aryl methyl sites for hydroxylation is 1. The first-order chi connectivity index (χ1) is 12.7. The SMILES string of the molecule is CC(=O)c1c(C)nn([C@@H](C)CC(=O)N2CCc3[nH]nc(C(=O)O)c3C2)c1C. The Morgan fingerprint density at radius 3 is 2.59 bits per heavy atom. The number of ketones is 1. The van der Waals surface area contributed by atoms with Gasteiger partial charge in [0, 0.05) is 42.9 Å². The molecule has 0 spiro atoms. The third-order valence-electron chi connectivity index (χ3n) is 5.05. The van der Waals surface area contributed by atoms with Crippen LogP contribution in [-0.4, -0.2) is 54.2 Å². The Balaban J connectivity index is 1.74. The normalized spacial score (nSPS) is 14.7. The number of aromatic nitrogens is 4. The number of carbonyl (C=O) groups excluding carboxylic acids is 2. The number of hydrogen-bond acceptors (Lipinski definition) is 5. The standard InChI is InChI=1S/C18H23N5O4/c1-9(23-11(3)16(12(4)24)10(2)21-23)7-15(25)22-6-5-14-13(8-22)17(18(26)27)20-19-14/h9H,5-8H2,1-4H3,(H,19,20)(H,26,27)/t9-/m0/s1. The van der Waals surface area contributed by atoms with Crippen LogP contribution in [-0.2, 0) is 17.8 Å². The molecule has 0 fully saturated rings. The Labute approximate surface area is 156 Å². The second-order valence-corrected chi connectivity index (χ2v) is 7.00. The lowest BCUT2D eigenvalue weighted by Crippen LogP contribution is -2.37. The van der Waals surface area contributed by atoms with E-state index in [4.69, 9.17) is 0 Å². The van der Waals surface area contributed by atoms with Gasteiger partial charge in [0.25, 0.3) is 0 Å². The number of aromatic amines is 1. The van der Waals surface area contributed by atoms with Gasteiger partial charge < -0.3 is 10.0 Å². The van der Waals surface area contributed by atoms with Crippen molar-refractivity contribution in [1.82, 2.24) is 24.9 Å². The largest absolute Gasteiger partial charge is 0.476 e. The molecule has 0 unspecified atom stereocenters. The molecule has 0 saturated carbocycles. The van der Waals surface area contributed by atoms with Crippen molar-refractivity contribution in [3.63, 3.8) is 0 Å². The number of amides is 1. The molecule has 0 aliphatic carbocycles. The van der Waals surface area contributed by atoms with E-state index in [-0.39, 0.29) is 36.4 Å². The summed E-state index contributed by atoms with van der Waals surface area (Å²) in [6, 6.07) is -0.214. The first-order valence-electron chi connectivity index (χ1n) is 8.84. The summed E-state index contributed by atoms with van der Waals surface area (Å²) in [6.07, 6.45) is 0.763. The summed E-state index contributed by atoms with van der Waals surface area (Å²) < 4.78 is 1.72. The minimum Gasteiger partial charge on any atom is -0.476 e. The fourth-order valence-corrected chi connectivity index (χ4v) is 3.75. The zero-order valence-corrected chi connectivity index (χ0v) is 15.9. The van der Waals surface area contributed by atoms with Crippen molar-refractivity contribution in [3.05, 3.63) is 33.9 Å². The zero-order valence-electron chi connectivity index (χ0n) is 15.9. The quantitative estimate of drug-likeness (QED) is 0.769. The number of nitrogens with zero attached hydrogens (tertiary/aromatic N) is 4. The number of hydrogen-bond donors (Lipinski definition) is 2. The second kappa shape index (κ2) is 6.98. The van der Waals surface area contributed by atoms with Crippen molar-refractivity contribution in [2.24, 2.45) is 0 Å². The van der Waals surface area contributed by atoms with E-state index in [2.05, 4.69) is 15.3 Å². The molecule has 2 aromatic heterocycles. The van der Waals surface area contributed by atoms with Crippen LogP contribution in [0.15, 0.2) is 0 Å². The number of nitrogens with one attached hydrogen (secondary N) is 1. The van der Waals surface area contributed by atoms with E-state index in [1.807, 2.05) is 13.8 Å². The maximum atomic E-state index is 12.8. The fraction of sp³-hybridized carbons (Fsp3) is 0.500. The van der Waals surface area contributed by atoms with Gasteiger partial charge in [-0.05, 0) is 27.7 Å². The minimum absolute atomic E-state index is 0.0276. The smallest absolute Gasteiger partial charge is 0.356 e. The van der Waals surface area contributed by atoms with E-state index < -0.39 is 5.97 Å². The molecule has 1 aliphatic rings. The van der Waals surface area contributed by atoms with Crippen molar-refractivity contribution >= 4 is 17.7 Å². The molecule has 0 saturated heterocycles. The fourth-order valence-electron chi connectivity index (χ4n) is 3.75. The predicted octanol–water partition coefficient (Wildman–Crippen LogP) is 1.66. The van der Waals surface area contributed by atoms with Crippen molar-refractivity contribution < 1.29 is 19.5 Å². The number of fused-ring (bicyclic) bond motifs is 1. The maximum absolute atomic E-state index is 12.8. The van der Waals surface area contributed by atoms with Gasteiger partial charge in [0.1, 0.15) is 0 Å². The first-order valence-corrected chi connectivity index (χ1v) is 8.84. The summed E-state index contributed by atoms with van der Waals surface area (Å²) in [7, 11) is 0. The van der Waals surface area contributed by atoms with Gasteiger partial charge in [-0.25, -0.2) is 4.79 Å². The molecule has 1 aliphatic heterocycles. The van der Waals surface area contributed by atoms with Crippen LogP contribution in [0.3, 0.4) is 0 Å². The van der Waals surface area contributed by atoms with Gasteiger partial charge >= 0.3 is 5.97 Å². The Morgan fingerprint density at radius 2 is 2.00 bits per heavy atom. The van der Waals surface area contributed by atoms with Gasteiger partial charge in [0.05, 0.1) is 17.3 Å². The number of rotatable bonds is 5. The summed E-state index contributed by atoms with van der Waals surface area (Å²) >= 11 is 0. The van der Waals surface area contributed by atoms with Crippen molar-refractivity contribution in [3.8, 4) is 0 Å². The third-order valence-corrected chi connectivity index (χ3v) is 5.05. The van der Waals surface area contributed by atoms with Crippen LogP contribution in [0.2, 0.25) is 0 Å². The summed E-state index contributed by atoms with van der Waals surface area (Å²) in [4.78, 5) is 37.5. The molecule has 2 N–H and O–H groups in total. The van der Waals surface area contributed by atoms with E-state index >= 15 is 0 Å². The summed E-state index contributed by atoms with van der Waals surface area (Å²) in [5.41, 5.74) is 3.33. The van der Waals surface area contributed by atoms with Crippen molar-refractivity contribution in [1.29, 1.82) is 0 Å². The maximum Gasteiger partial charge on any atom is 0.356 e. The molecule has 0 radical (unpaired) electrons. The van der Waals surface area contributed by atoms with Crippen LogP contribution < -0.4 is 0 Å². The van der Waals surface area contributed by atoms with Crippen LogP contribution in [0.5, 0.6) is 0 Å². The minimum atomic E-state index is -1.10. The predicted molar refractivity (Wildman–Crippen MR) is 95.7 cm³/mol. The van der Waals surface area contributed by atoms with Crippen molar-refractivity contribution in [2.75, 3.05) is 6.54 Å². The highest BCUT2D eigenvalue weighted by molar-refractivity contribution is 5.96. The van der Waals surface area contributed by atoms with Gasteiger partial charge in [-0.15, -0.1) is 0 Å². The molecule has 1 atom stereocenters. The third kappa shape index (κ3) is 3.36. The summed E-state index contributed by atoms with van der Waals surface area (Å²) in [6.45, 7) is 7.75. The van der Waals surface area contributed by atoms with Crippen LogP contribution in [0, 0.1) is 13.8 Å². The van der Waals surface area contributed by atoms with E-state index in [0.717, 1.165) is 11.4 Å². The Bertz CT molecular complexity index is 927. The first kappa shape index (κ1) is 18.8. The molecule has 1 amide bonds. The average Bonchev–Trinajstić information content (AvgIpc) is 3.14. The molecule has 2 aromatic rings. The molecular formula is C18H23N5O4. The monoisotopic (exact) mass is 373 g/mol. The van der Waals surface area contributed by atoms with Crippen molar-refractivity contribution in [2.45, 2.75) is 53.1 Å². The van der Waals surface area contributed by atoms with Gasteiger partial charge in [-0.1, -0.05) is 0 Å². The van der Waals surface area contributed by atoms with Gasteiger partial charge in [-0.2, -0.15) is 10.2 Å². The highest BCUT2D eigenvalue weighted by Crippen LogP contribution is 2.24. The highest BCUT2D eigenvalue weighted by Gasteiger charge is 2.29. The molecule has 144 valence electrons. The Kier molecular flexibility index (Phi) is 4.86. The highest BCUT2D eigenvalue weighted by atomic mass is 16.4. The summed E-state index contributed by atoms with van der Waals surface area (Å²) in [5.74, 6) is -1.23. The number of carbonyl (C=O) groups is 3.